The van der Waals surface area contributed by atoms with Gasteiger partial charge in [0, 0.05) is 32.0 Å². The molecule has 2 aromatic heterocycles. The highest BCUT2D eigenvalue weighted by Gasteiger charge is 2.51. The van der Waals surface area contributed by atoms with Gasteiger partial charge in [0.25, 0.3) is 0 Å². The summed E-state index contributed by atoms with van der Waals surface area (Å²) < 4.78 is 26.3. The van der Waals surface area contributed by atoms with Crippen molar-refractivity contribution in [2.75, 3.05) is 25.9 Å². The number of nitrogens with zero attached hydrogens (tertiary/aromatic N) is 5. The van der Waals surface area contributed by atoms with Crippen LogP contribution >= 0.6 is 11.3 Å². The number of amides is 1. The van der Waals surface area contributed by atoms with Crippen molar-refractivity contribution in [3.63, 3.8) is 0 Å². The molecule has 0 unspecified atom stereocenters. The molecule has 2 fully saturated rings. The lowest BCUT2D eigenvalue weighted by molar-refractivity contribution is 0.0491. The monoisotopic (exact) mass is 488 g/mol. The van der Waals surface area contributed by atoms with Crippen molar-refractivity contribution < 1.29 is 23.8 Å². The molecule has 0 radical (unpaired) electrons. The predicted octanol–water partition coefficient (Wildman–Crippen LogP) is 3.64. The topological polar surface area (TPSA) is 117 Å². The predicted molar refractivity (Wildman–Crippen MR) is 124 cm³/mol. The number of piperidine rings is 1. The van der Waals surface area contributed by atoms with Gasteiger partial charge in [-0.25, -0.2) is 9.18 Å². The maximum Gasteiger partial charge on any atom is 0.407 e. The highest BCUT2D eigenvalue weighted by Crippen LogP contribution is 2.42. The highest BCUT2D eigenvalue weighted by atomic mass is 32.1. The normalized spacial score (nSPS) is 23.8. The summed E-state index contributed by atoms with van der Waals surface area (Å²) in [4.78, 5) is 14.7. The molecule has 180 valence electrons. The average Bonchev–Trinajstić information content (AvgIpc) is 3.59. The zero-order chi connectivity index (χ0) is 23.8. The van der Waals surface area contributed by atoms with Crippen LogP contribution < -0.4 is 9.64 Å². The van der Waals surface area contributed by atoms with Crippen LogP contribution in [0.25, 0.3) is 21.7 Å². The molecule has 2 bridgehead atoms. The maximum absolute atomic E-state index is 15.4. The minimum Gasteiger partial charge on any atom is -0.467 e. The number of hydrogen-bond donors (Lipinski definition) is 2. The van der Waals surface area contributed by atoms with Gasteiger partial charge in [0.05, 0.1) is 23.8 Å². The lowest BCUT2D eigenvalue weighted by Crippen LogP contribution is -2.58. The first kappa shape index (κ1) is 22.5. The zero-order valence-corrected chi connectivity index (χ0v) is 19.5. The summed E-state index contributed by atoms with van der Waals surface area (Å²) in [5.41, 5.74) is 2.59. The van der Waals surface area contributed by atoms with Crippen LogP contribution in [0.3, 0.4) is 0 Å². The van der Waals surface area contributed by atoms with E-state index in [9.17, 15) is 9.90 Å². The summed E-state index contributed by atoms with van der Waals surface area (Å²) in [6.45, 7) is 0.0713. The minimum absolute atomic E-state index is 0.0713. The fraction of sp³-hybridized carbons (Fsp3) is 0.455. The molecular formula is C22H25FN6O4S. The number of alkyl halides is 1. The van der Waals surface area contributed by atoms with E-state index in [2.05, 4.69) is 20.4 Å². The van der Waals surface area contributed by atoms with E-state index in [0.717, 1.165) is 16.7 Å². The van der Waals surface area contributed by atoms with Crippen LogP contribution in [0.15, 0.2) is 30.6 Å². The number of hydrogen-bond acceptors (Lipinski definition) is 8. The Balaban J connectivity index is 1.40. The van der Waals surface area contributed by atoms with Crippen LogP contribution in [0, 0.1) is 0 Å². The molecule has 4 atom stereocenters. The number of rotatable bonds is 7. The lowest BCUT2D eigenvalue weighted by Gasteiger charge is -2.42. The third-order valence-electron chi connectivity index (χ3n) is 6.61. The molecule has 10 nitrogen and oxygen atoms in total. The first-order chi connectivity index (χ1) is 16.5. The number of benzene rings is 1. The van der Waals surface area contributed by atoms with E-state index in [1.807, 2.05) is 18.2 Å². The second-order valence-corrected chi connectivity index (χ2v) is 9.44. The van der Waals surface area contributed by atoms with Crippen LogP contribution in [0.4, 0.5) is 14.3 Å². The molecule has 0 spiro atoms. The fourth-order valence-corrected chi connectivity index (χ4v) is 5.82. The summed E-state index contributed by atoms with van der Waals surface area (Å²) in [5, 5.41) is 26.1. The number of fused-ring (bicyclic) bond motifs is 2. The molecule has 34 heavy (non-hydrogen) atoms. The number of ether oxygens (including phenoxy) is 2. The van der Waals surface area contributed by atoms with E-state index in [4.69, 9.17) is 9.47 Å². The Labute approximate surface area is 199 Å². The molecule has 12 heteroatoms. The Hall–Kier alpha value is -3.25. The van der Waals surface area contributed by atoms with Crippen LogP contribution in [0.1, 0.15) is 19.3 Å². The molecule has 1 amide bonds. The number of carbonyl (C=O) groups is 1. The average molecular weight is 489 g/mol. The Kier molecular flexibility index (Phi) is 6.09. The number of halogens is 1. The molecule has 2 aliphatic rings. The second-order valence-electron chi connectivity index (χ2n) is 8.49. The summed E-state index contributed by atoms with van der Waals surface area (Å²) in [6.07, 6.45) is 2.85. The fourth-order valence-electron chi connectivity index (χ4n) is 4.93. The van der Waals surface area contributed by atoms with Crippen molar-refractivity contribution in [1.29, 1.82) is 0 Å². The van der Waals surface area contributed by atoms with Crippen molar-refractivity contribution in [3.05, 3.63) is 30.6 Å². The minimum atomic E-state index is -1.29. The zero-order valence-electron chi connectivity index (χ0n) is 18.7. The van der Waals surface area contributed by atoms with Gasteiger partial charge in [-0.05, 0) is 37.0 Å². The molecule has 5 rings (SSSR count). The van der Waals surface area contributed by atoms with E-state index in [-0.39, 0.29) is 12.8 Å². The van der Waals surface area contributed by atoms with Gasteiger partial charge in [-0.2, -0.15) is 5.10 Å². The van der Waals surface area contributed by atoms with Crippen molar-refractivity contribution in [2.24, 2.45) is 0 Å². The molecule has 3 aromatic rings. The number of methoxy groups -OCH3 is 1. The Morgan fingerprint density at radius 2 is 2.21 bits per heavy atom. The Morgan fingerprint density at radius 1 is 1.35 bits per heavy atom. The van der Waals surface area contributed by atoms with Crippen molar-refractivity contribution >= 4 is 22.6 Å². The van der Waals surface area contributed by atoms with Crippen molar-refractivity contribution in [2.45, 2.75) is 43.6 Å². The van der Waals surface area contributed by atoms with Gasteiger partial charge in [-0.3, -0.25) is 10.00 Å². The van der Waals surface area contributed by atoms with Crippen LogP contribution in [-0.4, -0.2) is 81.7 Å². The number of aromatic nitrogens is 4. The number of H-pyrrole nitrogens is 1. The second kappa shape index (κ2) is 9.18. The van der Waals surface area contributed by atoms with E-state index in [1.165, 1.54) is 16.2 Å². The largest absolute Gasteiger partial charge is 0.467 e. The Morgan fingerprint density at radius 3 is 2.94 bits per heavy atom. The van der Waals surface area contributed by atoms with Gasteiger partial charge in [-0.15, -0.1) is 10.2 Å². The SMILES string of the molecule is COCOc1cc(-c2cn[nH]c2)ccc1-c1nnc(N(C)[C@H]2C[C@@H]3CC[C@H]([C@H]2F)N3C(=O)O)s1. The number of nitrogens with one attached hydrogen (secondary N) is 1. The molecule has 4 heterocycles. The van der Waals surface area contributed by atoms with E-state index < -0.39 is 24.3 Å². The lowest BCUT2D eigenvalue weighted by atomic mass is 9.95. The molecule has 0 aliphatic carbocycles. The molecular weight excluding hydrogens is 463 g/mol. The van der Waals surface area contributed by atoms with Gasteiger partial charge >= 0.3 is 6.09 Å². The van der Waals surface area contributed by atoms with Gasteiger partial charge in [-0.1, -0.05) is 17.4 Å². The first-order valence-electron chi connectivity index (χ1n) is 10.9. The summed E-state index contributed by atoms with van der Waals surface area (Å²) in [5.74, 6) is 0.585. The van der Waals surface area contributed by atoms with Crippen LogP contribution in [-0.2, 0) is 4.74 Å². The van der Waals surface area contributed by atoms with E-state index in [1.54, 1.807) is 31.5 Å². The smallest absolute Gasteiger partial charge is 0.407 e. The van der Waals surface area contributed by atoms with Crippen LogP contribution in [0.2, 0.25) is 0 Å². The van der Waals surface area contributed by atoms with Gasteiger partial charge in [0.1, 0.15) is 11.9 Å². The molecule has 1 aromatic carbocycles. The third-order valence-corrected chi connectivity index (χ3v) is 7.65. The van der Waals surface area contributed by atoms with Crippen molar-refractivity contribution in [1.82, 2.24) is 25.3 Å². The van der Waals surface area contributed by atoms with Gasteiger partial charge in [0.2, 0.25) is 5.13 Å². The van der Waals surface area contributed by atoms with Crippen LogP contribution in [0.5, 0.6) is 5.75 Å². The highest BCUT2D eigenvalue weighted by molar-refractivity contribution is 7.18. The first-order valence-corrected chi connectivity index (χ1v) is 11.8. The molecule has 2 aliphatic heterocycles. The Bertz CT molecular complexity index is 1160. The number of carboxylic acid groups (broad SMARTS) is 1. The number of aromatic amines is 1. The molecule has 2 N–H and O–H groups in total. The summed E-state index contributed by atoms with van der Waals surface area (Å²) >= 11 is 1.34. The van der Waals surface area contributed by atoms with E-state index in [0.29, 0.717) is 35.2 Å². The molecule has 0 saturated carbocycles. The third kappa shape index (κ3) is 3.96. The summed E-state index contributed by atoms with van der Waals surface area (Å²) in [7, 11) is 3.34. The standard InChI is InChI=1S/C22H25FN6O4S/c1-28(17-8-14-4-6-16(19(17)23)29(14)22(30)31)21-27-26-20(34-21)15-5-3-12(13-9-24-25-10-13)7-18(15)33-11-32-2/h3,5,7,9-10,14,16-17,19H,4,6,8,11H2,1-2H3,(H,24,25)(H,30,31)/t14-,16+,17-,19+/m0/s1. The van der Waals surface area contributed by atoms with Gasteiger partial charge in [0.15, 0.2) is 11.8 Å². The summed E-state index contributed by atoms with van der Waals surface area (Å²) in [6, 6.07) is 4.50. The number of anilines is 1. The van der Waals surface area contributed by atoms with Gasteiger partial charge < -0.3 is 19.5 Å². The van der Waals surface area contributed by atoms with E-state index >= 15 is 4.39 Å². The quantitative estimate of drug-likeness (QED) is 0.484. The van der Waals surface area contributed by atoms with Crippen molar-refractivity contribution in [3.8, 4) is 27.4 Å². The molecule has 2 saturated heterocycles. The maximum atomic E-state index is 15.4.